The molecule has 0 amide bonds. The minimum Gasteiger partial charge on any atom is -0.381 e. The molecule has 0 saturated carbocycles. The summed E-state index contributed by atoms with van der Waals surface area (Å²) in [6.45, 7) is 8.22. The largest absolute Gasteiger partial charge is 0.381 e. The van der Waals surface area contributed by atoms with E-state index in [1.54, 1.807) is 0 Å². The van der Waals surface area contributed by atoms with Crippen molar-refractivity contribution < 1.29 is 4.74 Å². The van der Waals surface area contributed by atoms with Crippen molar-refractivity contribution in [1.82, 2.24) is 5.32 Å². The zero-order chi connectivity index (χ0) is 13.7. The number of hydrogen-bond donors (Lipinski definition) is 1. The summed E-state index contributed by atoms with van der Waals surface area (Å²) in [6.07, 6.45) is 1.18. The molecule has 2 rings (SSSR count). The van der Waals surface area contributed by atoms with Crippen molar-refractivity contribution in [3.63, 3.8) is 0 Å². The van der Waals surface area contributed by atoms with E-state index in [0.29, 0.717) is 12.0 Å². The molecule has 0 aliphatic carbocycles. The van der Waals surface area contributed by atoms with Gasteiger partial charge >= 0.3 is 0 Å². The normalized spacial score (nSPS) is 20.5. The molecule has 2 unspecified atom stereocenters. The first-order valence-corrected chi connectivity index (χ1v) is 7.30. The standard InChI is InChI=1S/C16H26N2O/c1-4-17-15(14-9-10-19-12-14)11-18(3)16-8-6-5-7-13(16)2/h5-8,14-15,17H,4,9-12H2,1-3H3. The van der Waals surface area contributed by atoms with Crippen molar-refractivity contribution in [2.24, 2.45) is 5.92 Å². The first-order chi connectivity index (χ1) is 9.22. The second kappa shape index (κ2) is 6.92. The molecule has 1 aromatic rings. The fourth-order valence-corrected chi connectivity index (χ4v) is 2.90. The number of para-hydroxylation sites is 1. The Labute approximate surface area is 116 Å². The Morgan fingerprint density at radius 3 is 2.84 bits per heavy atom. The Bertz CT molecular complexity index is 388. The molecule has 0 aromatic heterocycles. The average molecular weight is 262 g/mol. The predicted octanol–water partition coefficient (Wildman–Crippen LogP) is 2.45. The third kappa shape index (κ3) is 3.71. The third-order valence-electron chi connectivity index (χ3n) is 4.00. The van der Waals surface area contributed by atoms with Crippen molar-refractivity contribution in [2.75, 3.05) is 38.3 Å². The lowest BCUT2D eigenvalue weighted by molar-refractivity contribution is 0.177. The highest BCUT2D eigenvalue weighted by molar-refractivity contribution is 5.52. The van der Waals surface area contributed by atoms with Gasteiger partial charge in [0.2, 0.25) is 0 Å². The molecule has 1 heterocycles. The van der Waals surface area contributed by atoms with Gasteiger partial charge in [-0.3, -0.25) is 0 Å². The number of nitrogens with one attached hydrogen (secondary N) is 1. The second-order valence-electron chi connectivity index (χ2n) is 5.45. The smallest absolute Gasteiger partial charge is 0.0510 e. The average Bonchev–Trinajstić information content (AvgIpc) is 2.92. The number of ether oxygens (including phenoxy) is 1. The Balaban J connectivity index is 2.02. The van der Waals surface area contributed by atoms with Gasteiger partial charge in [-0.1, -0.05) is 25.1 Å². The van der Waals surface area contributed by atoms with Crippen LogP contribution in [0.15, 0.2) is 24.3 Å². The number of benzene rings is 1. The van der Waals surface area contributed by atoms with Gasteiger partial charge in [-0.05, 0) is 31.5 Å². The van der Waals surface area contributed by atoms with Crippen LogP contribution in [0.2, 0.25) is 0 Å². The van der Waals surface area contributed by atoms with Crippen molar-refractivity contribution in [1.29, 1.82) is 0 Å². The van der Waals surface area contributed by atoms with Gasteiger partial charge in [0, 0.05) is 37.8 Å². The molecule has 1 fully saturated rings. The molecule has 1 saturated heterocycles. The summed E-state index contributed by atoms with van der Waals surface area (Å²) in [6, 6.07) is 9.09. The molecular formula is C16H26N2O. The monoisotopic (exact) mass is 262 g/mol. The van der Waals surface area contributed by atoms with E-state index in [4.69, 9.17) is 4.74 Å². The van der Waals surface area contributed by atoms with E-state index in [1.165, 1.54) is 17.7 Å². The summed E-state index contributed by atoms with van der Waals surface area (Å²) < 4.78 is 5.54. The lowest BCUT2D eigenvalue weighted by Crippen LogP contribution is -2.45. The molecule has 1 aromatic carbocycles. The van der Waals surface area contributed by atoms with Crippen LogP contribution < -0.4 is 10.2 Å². The lowest BCUT2D eigenvalue weighted by atomic mass is 9.98. The highest BCUT2D eigenvalue weighted by Crippen LogP contribution is 2.22. The Hall–Kier alpha value is -1.06. The summed E-state index contributed by atoms with van der Waals surface area (Å²) in [5.41, 5.74) is 2.66. The van der Waals surface area contributed by atoms with Crippen LogP contribution in [-0.4, -0.2) is 39.4 Å². The fraction of sp³-hybridized carbons (Fsp3) is 0.625. The van der Waals surface area contributed by atoms with Crippen LogP contribution in [0.1, 0.15) is 18.9 Å². The number of likely N-dealkylation sites (N-methyl/N-ethyl adjacent to an activating group) is 2. The van der Waals surface area contributed by atoms with Gasteiger partial charge in [0.25, 0.3) is 0 Å². The highest BCUT2D eigenvalue weighted by atomic mass is 16.5. The lowest BCUT2D eigenvalue weighted by Gasteiger charge is -2.30. The maximum atomic E-state index is 5.54. The van der Waals surface area contributed by atoms with Gasteiger partial charge in [0.1, 0.15) is 0 Å². The highest BCUT2D eigenvalue weighted by Gasteiger charge is 2.26. The Morgan fingerprint density at radius 1 is 1.42 bits per heavy atom. The molecule has 1 aliphatic heterocycles. The van der Waals surface area contributed by atoms with E-state index in [2.05, 4.69) is 55.4 Å². The summed E-state index contributed by atoms with van der Waals surface area (Å²) in [5, 5.41) is 3.62. The van der Waals surface area contributed by atoms with Crippen LogP contribution in [0.3, 0.4) is 0 Å². The van der Waals surface area contributed by atoms with E-state index in [9.17, 15) is 0 Å². The van der Waals surface area contributed by atoms with Gasteiger partial charge in [-0.15, -0.1) is 0 Å². The molecule has 1 N–H and O–H groups in total. The summed E-state index contributed by atoms with van der Waals surface area (Å²) in [5.74, 6) is 0.645. The molecule has 0 spiro atoms. The number of hydrogen-bond acceptors (Lipinski definition) is 3. The zero-order valence-corrected chi connectivity index (χ0v) is 12.4. The second-order valence-corrected chi connectivity index (χ2v) is 5.45. The van der Waals surface area contributed by atoms with Gasteiger partial charge < -0.3 is 15.0 Å². The minimum atomic E-state index is 0.511. The Kier molecular flexibility index (Phi) is 5.23. The van der Waals surface area contributed by atoms with Crippen molar-refractivity contribution in [3.8, 4) is 0 Å². The van der Waals surface area contributed by atoms with E-state index >= 15 is 0 Å². The van der Waals surface area contributed by atoms with Crippen molar-refractivity contribution in [2.45, 2.75) is 26.3 Å². The summed E-state index contributed by atoms with van der Waals surface area (Å²) in [4.78, 5) is 2.36. The van der Waals surface area contributed by atoms with Crippen LogP contribution in [-0.2, 0) is 4.74 Å². The molecule has 3 nitrogen and oxygen atoms in total. The minimum absolute atomic E-state index is 0.511. The van der Waals surface area contributed by atoms with Crippen LogP contribution in [0.4, 0.5) is 5.69 Å². The zero-order valence-electron chi connectivity index (χ0n) is 12.4. The van der Waals surface area contributed by atoms with Crippen LogP contribution in [0.5, 0.6) is 0 Å². The van der Waals surface area contributed by atoms with Crippen LogP contribution >= 0.6 is 0 Å². The van der Waals surface area contributed by atoms with E-state index in [-0.39, 0.29) is 0 Å². The molecule has 19 heavy (non-hydrogen) atoms. The fourth-order valence-electron chi connectivity index (χ4n) is 2.90. The van der Waals surface area contributed by atoms with E-state index in [0.717, 1.165) is 26.3 Å². The van der Waals surface area contributed by atoms with Crippen LogP contribution in [0.25, 0.3) is 0 Å². The Morgan fingerprint density at radius 2 is 2.21 bits per heavy atom. The first kappa shape index (κ1) is 14.4. The molecule has 3 heteroatoms. The maximum Gasteiger partial charge on any atom is 0.0510 e. The molecule has 0 radical (unpaired) electrons. The quantitative estimate of drug-likeness (QED) is 0.852. The summed E-state index contributed by atoms with van der Waals surface area (Å²) in [7, 11) is 2.18. The summed E-state index contributed by atoms with van der Waals surface area (Å²) >= 11 is 0. The number of nitrogens with zero attached hydrogens (tertiary/aromatic N) is 1. The van der Waals surface area contributed by atoms with Gasteiger partial charge in [-0.25, -0.2) is 0 Å². The van der Waals surface area contributed by atoms with Crippen molar-refractivity contribution >= 4 is 5.69 Å². The van der Waals surface area contributed by atoms with Gasteiger partial charge in [0.05, 0.1) is 6.61 Å². The number of anilines is 1. The van der Waals surface area contributed by atoms with Gasteiger partial charge in [-0.2, -0.15) is 0 Å². The first-order valence-electron chi connectivity index (χ1n) is 7.30. The van der Waals surface area contributed by atoms with Crippen molar-refractivity contribution in [3.05, 3.63) is 29.8 Å². The molecule has 1 aliphatic rings. The topological polar surface area (TPSA) is 24.5 Å². The molecule has 106 valence electrons. The molecule has 0 bridgehead atoms. The van der Waals surface area contributed by atoms with E-state index < -0.39 is 0 Å². The van der Waals surface area contributed by atoms with E-state index in [1.807, 2.05) is 0 Å². The predicted molar refractivity (Wildman–Crippen MR) is 80.8 cm³/mol. The molecule has 2 atom stereocenters. The molecular weight excluding hydrogens is 236 g/mol. The van der Waals surface area contributed by atoms with Crippen LogP contribution in [0, 0.1) is 12.8 Å². The van der Waals surface area contributed by atoms with Gasteiger partial charge in [0.15, 0.2) is 0 Å². The number of rotatable bonds is 6. The SMILES string of the molecule is CCNC(CN(C)c1ccccc1C)C1CCOC1. The maximum absolute atomic E-state index is 5.54. The number of aryl methyl sites for hydroxylation is 1. The third-order valence-corrected chi connectivity index (χ3v) is 4.00.